The third-order valence-corrected chi connectivity index (χ3v) is 6.39. The topological polar surface area (TPSA) is 0 Å². The molecule has 1 saturated carbocycles. The van der Waals surface area contributed by atoms with Crippen LogP contribution in [0.1, 0.15) is 103 Å². The van der Waals surface area contributed by atoms with E-state index in [0.717, 1.165) is 0 Å². The normalized spacial score (nSPS) is 22.2. The minimum Gasteiger partial charge on any atom is -0.0599 e. The minimum absolute atomic E-state index is 0.356. The van der Waals surface area contributed by atoms with Crippen LogP contribution < -0.4 is 0 Å². The van der Waals surface area contributed by atoms with Crippen molar-refractivity contribution in [2.75, 3.05) is 0 Å². The molecule has 0 saturated heterocycles. The number of hydrogen-bond acceptors (Lipinski definition) is 0. The SMILES string of the molecule is CC(C)c1ccc2ccc(C(C)C)c(C3CC(C)(C)CC3(C)C)c2c1. The summed E-state index contributed by atoms with van der Waals surface area (Å²) in [6, 6.07) is 11.9. The first-order valence-corrected chi connectivity index (χ1v) is 10.1. The molecule has 3 rings (SSSR count). The highest BCUT2D eigenvalue weighted by atomic mass is 14.5. The fourth-order valence-corrected chi connectivity index (χ4v) is 5.38. The standard InChI is InChI=1S/C25H36/c1-16(2)19-10-9-18-11-12-20(17(3)4)23(21(18)13-19)22-14-24(5,6)15-25(22,7)8/h9-13,16-17,22H,14-15H2,1-8H3. The second-order valence-corrected chi connectivity index (χ2v) is 10.4. The molecule has 0 aliphatic heterocycles. The molecular weight excluding hydrogens is 300 g/mol. The summed E-state index contributed by atoms with van der Waals surface area (Å²) in [5.41, 5.74) is 5.45. The number of fused-ring (bicyclic) bond motifs is 1. The summed E-state index contributed by atoms with van der Waals surface area (Å²) < 4.78 is 0. The first-order chi connectivity index (χ1) is 11.5. The summed E-state index contributed by atoms with van der Waals surface area (Å²) in [5, 5.41) is 2.91. The van der Waals surface area contributed by atoms with E-state index in [-0.39, 0.29) is 0 Å². The van der Waals surface area contributed by atoms with Gasteiger partial charge in [-0.3, -0.25) is 0 Å². The molecule has 0 nitrogen and oxygen atoms in total. The minimum atomic E-state index is 0.356. The molecule has 0 aromatic heterocycles. The van der Waals surface area contributed by atoms with Gasteiger partial charge in [-0.05, 0) is 68.9 Å². The molecule has 1 aliphatic rings. The second kappa shape index (κ2) is 6.15. The maximum absolute atomic E-state index is 2.49. The van der Waals surface area contributed by atoms with Gasteiger partial charge in [0, 0.05) is 0 Å². The van der Waals surface area contributed by atoms with Crippen molar-refractivity contribution in [3.63, 3.8) is 0 Å². The quantitative estimate of drug-likeness (QED) is 0.532. The fraction of sp³-hybridized carbons (Fsp3) is 0.600. The number of benzene rings is 2. The lowest BCUT2D eigenvalue weighted by molar-refractivity contribution is 0.292. The lowest BCUT2D eigenvalue weighted by Gasteiger charge is -2.31. The van der Waals surface area contributed by atoms with Crippen molar-refractivity contribution in [2.45, 2.75) is 86.0 Å². The van der Waals surface area contributed by atoms with Gasteiger partial charge >= 0.3 is 0 Å². The molecule has 0 radical (unpaired) electrons. The Kier molecular flexibility index (Phi) is 4.55. The zero-order valence-corrected chi connectivity index (χ0v) is 17.5. The Morgan fingerprint density at radius 3 is 2.04 bits per heavy atom. The van der Waals surface area contributed by atoms with Gasteiger partial charge in [0.2, 0.25) is 0 Å². The Morgan fingerprint density at radius 2 is 1.52 bits per heavy atom. The maximum Gasteiger partial charge on any atom is -0.00963 e. The van der Waals surface area contributed by atoms with Crippen molar-refractivity contribution in [3.05, 3.63) is 47.0 Å². The van der Waals surface area contributed by atoms with Gasteiger partial charge in [0.1, 0.15) is 0 Å². The number of rotatable bonds is 3. The Bertz CT molecular complexity index is 769. The van der Waals surface area contributed by atoms with E-state index in [0.29, 0.717) is 28.6 Å². The first kappa shape index (κ1) is 18.5. The average molecular weight is 337 g/mol. The molecule has 0 N–H and O–H groups in total. The van der Waals surface area contributed by atoms with Crippen LogP contribution in [0.3, 0.4) is 0 Å². The van der Waals surface area contributed by atoms with E-state index >= 15 is 0 Å². The smallest absolute Gasteiger partial charge is 0.00963 e. The number of hydrogen-bond donors (Lipinski definition) is 0. The van der Waals surface area contributed by atoms with Crippen molar-refractivity contribution in [3.8, 4) is 0 Å². The molecule has 1 aliphatic carbocycles. The van der Waals surface area contributed by atoms with E-state index in [4.69, 9.17) is 0 Å². The zero-order valence-electron chi connectivity index (χ0n) is 17.5. The van der Waals surface area contributed by atoms with Gasteiger partial charge in [-0.25, -0.2) is 0 Å². The van der Waals surface area contributed by atoms with E-state index in [1.807, 2.05) is 0 Å². The largest absolute Gasteiger partial charge is 0.0599 e. The summed E-state index contributed by atoms with van der Waals surface area (Å²) in [6.45, 7) is 19.2. The molecule has 136 valence electrons. The van der Waals surface area contributed by atoms with Gasteiger partial charge in [-0.15, -0.1) is 0 Å². The van der Waals surface area contributed by atoms with Crippen LogP contribution in [0, 0.1) is 10.8 Å². The Morgan fingerprint density at radius 1 is 0.880 bits per heavy atom. The molecule has 0 bridgehead atoms. The van der Waals surface area contributed by atoms with Crippen molar-refractivity contribution in [1.82, 2.24) is 0 Å². The van der Waals surface area contributed by atoms with Crippen LogP contribution in [0.2, 0.25) is 0 Å². The average Bonchev–Trinajstić information content (AvgIpc) is 2.72. The lowest BCUT2D eigenvalue weighted by atomic mass is 9.73. The van der Waals surface area contributed by atoms with Gasteiger partial charge in [0.15, 0.2) is 0 Å². The molecule has 2 aromatic carbocycles. The molecule has 0 spiro atoms. The summed E-state index contributed by atoms with van der Waals surface area (Å²) >= 11 is 0. The van der Waals surface area contributed by atoms with Gasteiger partial charge < -0.3 is 0 Å². The molecule has 0 heteroatoms. The summed E-state index contributed by atoms with van der Waals surface area (Å²) in [5.74, 6) is 1.79. The van der Waals surface area contributed by atoms with E-state index < -0.39 is 0 Å². The van der Waals surface area contributed by atoms with Gasteiger partial charge in [0.25, 0.3) is 0 Å². The van der Waals surface area contributed by atoms with E-state index in [1.165, 1.54) is 29.2 Å². The Balaban J connectivity index is 2.30. The molecule has 0 heterocycles. The fourth-order valence-electron chi connectivity index (χ4n) is 5.38. The Hall–Kier alpha value is -1.30. The summed E-state index contributed by atoms with van der Waals surface area (Å²) in [6.07, 6.45) is 2.60. The van der Waals surface area contributed by atoms with Crippen LogP contribution in [0.4, 0.5) is 0 Å². The van der Waals surface area contributed by atoms with Crippen LogP contribution >= 0.6 is 0 Å². The molecule has 1 unspecified atom stereocenters. The Labute approximate surface area is 155 Å². The zero-order chi connectivity index (χ0) is 18.6. The third-order valence-electron chi connectivity index (χ3n) is 6.39. The third kappa shape index (κ3) is 3.37. The van der Waals surface area contributed by atoms with E-state index in [1.54, 1.807) is 11.1 Å². The van der Waals surface area contributed by atoms with Crippen LogP contribution in [0.5, 0.6) is 0 Å². The highest BCUT2D eigenvalue weighted by Crippen LogP contribution is 2.59. The molecule has 2 aromatic rings. The van der Waals surface area contributed by atoms with Gasteiger partial charge in [0.05, 0.1) is 0 Å². The monoisotopic (exact) mass is 336 g/mol. The predicted octanol–water partition coefficient (Wildman–Crippen LogP) is 8.02. The first-order valence-electron chi connectivity index (χ1n) is 10.1. The van der Waals surface area contributed by atoms with Crippen molar-refractivity contribution in [2.24, 2.45) is 10.8 Å². The molecule has 1 atom stereocenters. The van der Waals surface area contributed by atoms with E-state index in [9.17, 15) is 0 Å². The highest BCUT2D eigenvalue weighted by Gasteiger charge is 2.46. The molecule has 0 amide bonds. The summed E-state index contributed by atoms with van der Waals surface area (Å²) in [4.78, 5) is 0. The van der Waals surface area contributed by atoms with Crippen molar-refractivity contribution in [1.29, 1.82) is 0 Å². The molecule has 1 fully saturated rings. The van der Waals surface area contributed by atoms with Crippen LogP contribution in [0.25, 0.3) is 10.8 Å². The lowest BCUT2D eigenvalue weighted by Crippen LogP contribution is -2.18. The second-order valence-electron chi connectivity index (χ2n) is 10.4. The van der Waals surface area contributed by atoms with Crippen LogP contribution in [-0.2, 0) is 0 Å². The maximum atomic E-state index is 2.49. The van der Waals surface area contributed by atoms with Gasteiger partial charge in [-0.2, -0.15) is 0 Å². The highest BCUT2D eigenvalue weighted by molar-refractivity contribution is 5.88. The predicted molar refractivity (Wildman–Crippen MR) is 112 cm³/mol. The van der Waals surface area contributed by atoms with Crippen molar-refractivity contribution < 1.29 is 0 Å². The van der Waals surface area contributed by atoms with Crippen LogP contribution in [-0.4, -0.2) is 0 Å². The van der Waals surface area contributed by atoms with E-state index in [2.05, 4.69) is 85.7 Å². The summed E-state index contributed by atoms with van der Waals surface area (Å²) in [7, 11) is 0. The molecular formula is C25H36. The van der Waals surface area contributed by atoms with Crippen LogP contribution in [0.15, 0.2) is 30.3 Å². The van der Waals surface area contributed by atoms with Crippen molar-refractivity contribution >= 4 is 10.8 Å². The van der Waals surface area contributed by atoms with Gasteiger partial charge in [-0.1, -0.05) is 85.7 Å². The molecule has 25 heavy (non-hydrogen) atoms.